The van der Waals surface area contributed by atoms with Gasteiger partial charge in [0.15, 0.2) is 0 Å². The number of fused-ring (bicyclic) bond motifs is 1. The zero-order valence-electron chi connectivity index (χ0n) is 12.5. The second-order valence-corrected chi connectivity index (χ2v) is 4.41. The Balaban J connectivity index is 0.000000450. The maximum atomic E-state index is 2.38. The summed E-state index contributed by atoms with van der Waals surface area (Å²) in [5, 5.41) is 0. The largest absolute Gasteiger partial charge is 0.302 e. The van der Waals surface area contributed by atoms with Gasteiger partial charge >= 0.3 is 0 Å². The zero-order chi connectivity index (χ0) is 13.3. The van der Waals surface area contributed by atoms with Gasteiger partial charge in [-0.3, -0.25) is 0 Å². The van der Waals surface area contributed by atoms with Gasteiger partial charge in [0.1, 0.15) is 0 Å². The molecule has 1 aliphatic heterocycles. The minimum absolute atomic E-state index is 1.13. The van der Waals surface area contributed by atoms with Crippen molar-refractivity contribution in [2.45, 2.75) is 54.0 Å². The quantitative estimate of drug-likeness (QED) is 0.643. The van der Waals surface area contributed by atoms with Crippen molar-refractivity contribution in [2.24, 2.45) is 0 Å². The third-order valence-corrected chi connectivity index (χ3v) is 2.70. The summed E-state index contributed by atoms with van der Waals surface area (Å²) in [6.07, 6.45) is 2.47. The van der Waals surface area contributed by atoms with Gasteiger partial charge in [-0.25, -0.2) is 0 Å². The predicted molar refractivity (Wildman–Crippen MR) is 78.5 cm³/mol. The summed E-state index contributed by atoms with van der Waals surface area (Å²) in [7, 11) is 2.19. The standard InChI is InChI=1S/C11H15N.C3H8.C2H6/c1-9-4-3-5-10-6-7-12(2)8-11(9)10;1-3-2;1-2/h3-5H,6-8H2,1-2H3;3H2,1-2H3;1-2H3. The van der Waals surface area contributed by atoms with E-state index in [-0.39, 0.29) is 0 Å². The Morgan fingerprint density at radius 1 is 1.18 bits per heavy atom. The zero-order valence-corrected chi connectivity index (χ0v) is 12.5. The van der Waals surface area contributed by atoms with Gasteiger partial charge in [0, 0.05) is 13.1 Å². The molecule has 0 unspecified atom stereocenters. The Morgan fingerprint density at radius 2 is 1.76 bits per heavy atom. The molecule has 17 heavy (non-hydrogen) atoms. The summed E-state index contributed by atoms with van der Waals surface area (Å²) in [5.41, 5.74) is 4.54. The molecular formula is C16H29N. The molecule has 0 radical (unpaired) electrons. The highest BCUT2D eigenvalue weighted by atomic mass is 15.1. The van der Waals surface area contributed by atoms with Crippen LogP contribution in [0.2, 0.25) is 0 Å². The highest BCUT2D eigenvalue weighted by Crippen LogP contribution is 2.20. The molecule has 0 saturated heterocycles. The lowest BCUT2D eigenvalue weighted by molar-refractivity contribution is 0.312. The van der Waals surface area contributed by atoms with E-state index in [0.29, 0.717) is 0 Å². The summed E-state index contributed by atoms with van der Waals surface area (Å²) in [6.45, 7) is 12.8. The van der Waals surface area contributed by atoms with Crippen LogP contribution < -0.4 is 0 Å². The molecule has 0 bridgehead atoms. The molecule has 1 heterocycles. The third-order valence-electron chi connectivity index (χ3n) is 2.70. The van der Waals surface area contributed by atoms with Crippen molar-refractivity contribution in [3.63, 3.8) is 0 Å². The Hall–Kier alpha value is -0.820. The van der Waals surface area contributed by atoms with Crippen molar-refractivity contribution in [2.75, 3.05) is 13.6 Å². The first-order valence-electron chi connectivity index (χ1n) is 6.95. The molecule has 0 aliphatic carbocycles. The molecule has 0 saturated carbocycles. The second-order valence-electron chi connectivity index (χ2n) is 4.41. The number of hydrogen-bond acceptors (Lipinski definition) is 1. The maximum Gasteiger partial charge on any atom is 0.0236 e. The Morgan fingerprint density at radius 3 is 2.35 bits per heavy atom. The van der Waals surface area contributed by atoms with Crippen LogP contribution in [0.25, 0.3) is 0 Å². The Kier molecular flexibility index (Phi) is 8.79. The summed E-state index contributed by atoms with van der Waals surface area (Å²) in [5.74, 6) is 0. The number of benzene rings is 1. The SMILES string of the molecule is CC.CCC.Cc1cccc2c1CN(C)CC2. The normalized spacial score (nSPS) is 13.8. The molecule has 0 amide bonds. The molecule has 0 atom stereocenters. The second kappa shape index (κ2) is 9.23. The fourth-order valence-corrected chi connectivity index (χ4v) is 1.88. The molecule has 1 heteroatoms. The van der Waals surface area contributed by atoms with Crippen molar-refractivity contribution in [1.29, 1.82) is 0 Å². The van der Waals surface area contributed by atoms with E-state index in [9.17, 15) is 0 Å². The molecule has 1 nitrogen and oxygen atoms in total. The molecule has 1 aromatic rings. The van der Waals surface area contributed by atoms with Crippen LogP contribution in [0.4, 0.5) is 0 Å². The van der Waals surface area contributed by atoms with Crippen LogP contribution in [0.5, 0.6) is 0 Å². The van der Waals surface area contributed by atoms with E-state index < -0.39 is 0 Å². The molecule has 98 valence electrons. The molecular weight excluding hydrogens is 206 g/mol. The average molecular weight is 235 g/mol. The van der Waals surface area contributed by atoms with Gasteiger partial charge < -0.3 is 4.90 Å². The van der Waals surface area contributed by atoms with E-state index in [0.717, 1.165) is 6.54 Å². The number of hydrogen-bond donors (Lipinski definition) is 0. The number of aryl methyl sites for hydroxylation is 1. The predicted octanol–water partition coefficient (Wildman–Crippen LogP) is 4.43. The first-order valence-corrected chi connectivity index (χ1v) is 6.95. The van der Waals surface area contributed by atoms with E-state index in [1.54, 1.807) is 11.1 Å². The fraction of sp³-hybridized carbons (Fsp3) is 0.625. The van der Waals surface area contributed by atoms with E-state index >= 15 is 0 Å². The van der Waals surface area contributed by atoms with Gasteiger partial charge in [0.05, 0.1) is 0 Å². The highest BCUT2D eigenvalue weighted by molar-refractivity contribution is 5.35. The molecule has 0 spiro atoms. The van der Waals surface area contributed by atoms with Gasteiger partial charge in [-0.05, 0) is 37.1 Å². The molecule has 0 fully saturated rings. The van der Waals surface area contributed by atoms with Crippen LogP contribution >= 0.6 is 0 Å². The van der Waals surface area contributed by atoms with Gasteiger partial charge in [0.2, 0.25) is 0 Å². The number of nitrogens with zero attached hydrogens (tertiary/aromatic N) is 1. The first kappa shape index (κ1) is 16.2. The first-order chi connectivity index (χ1) is 8.19. The number of rotatable bonds is 0. The van der Waals surface area contributed by atoms with Crippen LogP contribution in [0.15, 0.2) is 18.2 Å². The molecule has 0 aromatic heterocycles. The van der Waals surface area contributed by atoms with Crippen molar-refractivity contribution < 1.29 is 0 Å². The van der Waals surface area contributed by atoms with E-state index in [1.807, 2.05) is 13.8 Å². The van der Waals surface area contributed by atoms with Crippen LogP contribution in [0.1, 0.15) is 50.8 Å². The molecule has 0 N–H and O–H groups in total. The molecule has 1 aliphatic rings. The van der Waals surface area contributed by atoms with Gasteiger partial charge in [-0.1, -0.05) is 52.3 Å². The summed E-state index contributed by atoms with van der Waals surface area (Å²) in [4.78, 5) is 2.38. The smallest absolute Gasteiger partial charge is 0.0236 e. The summed E-state index contributed by atoms with van der Waals surface area (Å²) >= 11 is 0. The van der Waals surface area contributed by atoms with Crippen molar-refractivity contribution in [3.05, 3.63) is 34.9 Å². The molecule has 2 rings (SSSR count). The van der Waals surface area contributed by atoms with E-state index in [1.165, 1.54) is 24.9 Å². The van der Waals surface area contributed by atoms with Gasteiger partial charge in [-0.2, -0.15) is 0 Å². The van der Waals surface area contributed by atoms with Crippen LogP contribution in [0.3, 0.4) is 0 Å². The minimum atomic E-state index is 1.13. The Bertz CT molecular complexity index is 304. The Labute approximate surface area is 108 Å². The van der Waals surface area contributed by atoms with Crippen molar-refractivity contribution in [1.82, 2.24) is 4.90 Å². The highest BCUT2D eigenvalue weighted by Gasteiger charge is 2.13. The molecule has 1 aromatic carbocycles. The average Bonchev–Trinajstić information content (AvgIpc) is 2.34. The van der Waals surface area contributed by atoms with E-state index in [4.69, 9.17) is 0 Å². The lowest BCUT2D eigenvalue weighted by Crippen LogP contribution is -2.27. The van der Waals surface area contributed by atoms with E-state index in [2.05, 4.69) is 50.9 Å². The summed E-state index contributed by atoms with van der Waals surface area (Å²) < 4.78 is 0. The van der Waals surface area contributed by atoms with Crippen molar-refractivity contribution in [3.8, 4) is 0 Å². The topological polar surface area (TPSA) is 3.24 Å². The van der Waals surface area contributed by atoms with Crippen molar-refractivity contribution >= 4 is 0 Å². The maximum absolute atomic E-state index is 2.38. The summed E-state index contributed by atoms with van der Waals surface area (Å²) in [6, 6.07) is 6.63. The lowest BCUT2D eigenvalue weighted by Gasteiger charge is -2.26. The minimum Gasteiger partial charge on any atom is -0.302 e. The van der Waals surface area contributed by atoms with Crippen LogP contribution in [0, 0.1) is 6.92 Å². The third kappa shape index (κ3) is 5.36. The monoisotopic (exact) mass is 235 g/mol. The lowest BCUT2D eigenvalue weighted by atomic mass is 9.96. The number of likely N-dealkylation sites (N-methyl/N-ethyl adjacent to an activating group) is 1. The van der Waals surface area contributed by atoms with Crippen LogP contribution in [-0.4, -0.2) is 18.5 Å². The van der Waals surface area contributed by atoms with Crippen LogP contribution in [-0.2, 0) is 13.0 Å². The fourth-order valence-electron chi connectivity index (χ4n) is 1.88. The van der Waals surface area contributed by atoms with Gasteiger partial charge in [-0.15, -0.1) is 0 Å². The van der Waals surface area contributed by atoms with Gasteiger partial charge in [0.25, 0.3) is 0 Å².